The summed E-state index contributed by atoms with van der Waals surface area (Å²) in [6, 6.07) is 5.96. The van der Waals surface area contributed by atoms with Crippen LogP contribution < -0.4 is 10.1 Å². The first kappa shape index (κ1) is 15.1. The van der Waals surface area contributed by atoms with E-state index in [0.29, 0.717) is 5.82 Å². The smallest absolute Gasteiger partial charge is 0.225 e. The molecule has 0 saturated carbocycles. The van der Waals surface area contributed by atoms with E-state index in [0.717, 1.165) is 27.2 Å². The summed E-state index contributed by atoms with van der Waals surface area (Å²) in [7, 11) is 1.65. The summed E-state index contributed by atoms with van der Waals surface area (Å²) in [6.45, 7) is 6.18. The summed E-state index contributed by atoms with van der Waals surface area (Å²) in [6.07, 6.45) is 0. The van der Waals surface area contributed by atoms with Gasteiger partial charge in [-0.3, -0.25) is 0 Å². The van der Waals surface area contributed by atoms with Gasteiger partial charge in [0.05, 0.1) is 18.2 Å². The fourth-order valence-corrected chi connectivity index (χ4v) is 3.61. The first-order chi connectivity index (χ1) is 10.5. The molecule has 0 aliphatic heterocycles. The molecular weight excluding hydrogens is 318 g/mol. The average Bonchev–Trinajstić information content (AvgIpc) is 2.74. The quantitative estimate of drug-likeness (QED) is 0.683. The standard InChI is InChI=1S/C16H16ClN3OS/c1-8-5-6-12(21-4)11(7-8)18-14-13-9(2)10(3)22-15(13)20-16(17)19-14/h5-7H,1-4H3,(H,18,19,20). The number of aromatic nitrogens is 2. The number of anilines is 2. The highest BCUT2D eigenvalue weighted by Crippen LogP contribution is 2.37. The minimum atomic E-state index is 0.239. The molecule has 2 heterocycles. The molecule has 0 aliphatic rings. The highest BCUT2D eigenvalue weighted by atomic mass is 35.5. The predicted octanol–water partition coefficient (Wildman–Crippen LogP) is 5.02. The van der Waals surface area contributed by atoms with Crippen molar-refractivity contribution in [2.45, 2.75) is 20.8 Å². The van der Waals surface area contributed by atoms with E-state index < -0.39 is 0 Å². The van der Waals surface area contributed by atoms with Gasteiger partial charge < -0.3 is 10.1 Å². The van der Waals surface area contributed by atoms with Crippen LogP contribution >= 0.6 is 22.9 Å². The SMILES string of the molecule is COc1ccc(C)cc1Nc1nc(Cl)nc2sc(C)c(C)c12. The zero-order valence-corrected chi connectivity index (χ0v) is 14.4. The first-order valence-electron chi connectivity index (χ1n) is 6.84. The van der Waals surface area contributed by atoms with Crippen molar-refractivity contribution in [3.63, 3.8) is 0 Å². The first-order valence-corrected chi connectivity index (χ1v) is 8.04. The highest BCUT2D eigenvalue weighted by Gasteiger charge is 2.15. The van der Waals surface area contributed by atoms with Gasteiger partial charge in [-0.05, 0) is 55.6 Å². The maximum atomic E-state index is 6.07. The minimum absolute atomic E-state index is 0.239. The molecule has 3 aromatic rings. The molecular formula is C16H16ClN3OS. The van der Waals surface area contributed by atoms with Crippen molar-refractivity contribution in [1.29, 1.82) is 0 Å². The number of benzene rings is 1. The molecule has 6 heteroatoms. The Morgan fingerprint density at radius 3 is 2.68 bits per heavy atom. The molecule has 4 nitrogen and oxygen atoms in total. The Morgan fingerprint density at radius 1 is 1.18 bits per heavy atom. The van der Waals surface area contributed by atoms with Gasteiger partial charge in [-0.15, -0.1) is 11.3 Å². The van der Waals surface area contributed by atoms with Gasteiger partial charge in [0.2, 0.25) is 5.28 Å². The van der Waals surface area contributed by atoms with Crippen LogP contribution in [0, 0.1) is 20.8 Å². The van der Waals surface area contributed by atoms with Crippen LogP contribution in [0.25, 0.3) is 10.2 Å². The van der Waals surface area contributed by atoms with Crippen LogP contribution in [-0.2, 0) is 0 Å². The van der Waals surface area contributed by atoms with Crippen LogP contribution in [0.4, 0.5) is 11.5 Å². The normalized spacial score (nSPS) is 11.0. The summed E-state index contributed by atoms with van der Waals surface area (Å²) in [5.41, 5.74) is 3.17. The Labute approximate surface area is 138 Å². The number of hydrogen-bond acceptors (Lipinski definition) is 5. The molecule has 2 aromatic heterocycles. The van der Waals surface area contributed by atoms with Crippen molar-refractivity contribution >= 4 is 44.7 Å². The van der Waals surface area contributed by atoms with Crippen molar-refractivity contribution < 1.29 is 4.74 Å². The van der Waals surface area contributed by atoms with E-state index in [2.05, 4.69) is 29.1 Å². The van der Waals surface area contributed by atoms with Gasteiger partial charge in [-0.25, -0.2) is 4.98 Å². The van der Waals surface area contributed by atoms with Crippen LogP contribution in [0.5, 0.6) is 5.75 Å². The number of nitrogens with zero attached hydrogens (tertiary/aromatic N) is 2. The lowest BCUT2D eigenvalue weighted by atomic mass is 10.2. The third kappa shape index (κ3) is 2.62. The molecule has 0 bridgehead atoms. The maximum Gasteiger partial charge on any atom is 0.225 e. The van der Waals surface area contributed by atoms with E-state index in [1.165, 1.54) is 10.4 Å². The molecule has 0 unspecified atom stereocenters. The number of ether oxygens (including phenoxy) is 1. The molecule has 22 heavy (non-hydrogen) atoms. The average molecular weight is 334 g/mol. The number of nitrogens with one attached hydrogen (secondary N) is 1. The van der Waals surface area contributed by atoms with Gasteiger partial charge in [-0.2, -0.15) is 4.98 Å². The zero-order chi connectivity index (χ0) is 15.9. The Bertz CT molecular complexity index is 860. The lowest BCUT2D eigenvalue weighted by Gasteiger charge is -2.12. The lowest BCUT2D eigenvalue weighted by Crippen LogP contribution is -1.99. The van der Waals surface area contributed by atoms with E-state index in [1.54, 1.807) is 18.4 Å². The second-order valence-corrected chi connectivity index (χ2v) is 6.67. The van der Waals surface area contributed by atoms with Crippen LogP contribution in [0.2, 0.25) is 5.28 Å². The maximum absolute atomic E-state index is 6.07. The Balaban J connectivity index is 2.17. The molecule has 0 amide bonds. The van der Waals surface area contributed by atoms with Gasteiger partial charge in [0, 0.05) is 4.88 Å². The van der Waals surface area contributed by atoms with Gasteiger partial charge in [0.15, 0.2) is 0 Å². The highest BCUT2D eigenvalue weighted by molar-refractivity contribution is 7.18. The fraction of sp³-hybridized carbons (Fsp3) is 0.250. The molecule has 0 fully saturated rings. The van der Waals surface area contributed by atoms with Crippen LogP contribution in [0.1, 0.15) is 16.0 Å². The van der Waals surface area contributed by atoms with Gasteiger partial charge in [0.1, 0.15) is 16.4 Å². The van der Waals surface area contributed by atoms with E-state index in [-0.39, 0.29) is 5.28 Å². The lowest BCUT2D eigenvalue weighted by molar-refractivity contribution is 0.416. The molecule has 1 N–H and O–H groups in total. The summed E-state index contributed by atoms with van der Waals surface area (Å²) in [5.74, 6) is 1.47. The van der Waals surface area contributed by atoms with Gasteiger partial charge >= 0.3 is 0 Å². The monoisotopic (exact) mass is 333 g/mol. The van der Waals surface area contributed by atoms with Crippen LogP contribution in [0.3, 0.4) is 0 Å². The number of thiophene rings is 1. The van der Waals surface area contributed by atoms with Crippen molar-refractivity contribution in [1.82, 2.24) is 9.97 Å². The van der Waals surface area contributed by atoms with Crippen LogP contribution in [-0.4, -0.2) is 17.1 Å². The number of aryl methyl sites for hydroxylation is 3. The summed E-state index contributed by atoms with van der Waals surface area (Å²) < 4.78 is 5.41. The van der Waals surface area contributed by atoms with E-state index in [9.17, 15) is 0 Å². The van der Waals surface area contributed by atoms with E-state index in [1.807, 2.05) is 25.1 Å². The Kier molecular flexibility index (Phi) is 3.93. The third-order valence-corrected chi connectivity index (χ3v) is 4.88. The summed E-state index contributed by atoms with van der Waals surface area (Å²) in [5, 5.41) is 4.60. The van der Waals surface area contributed by atoms with Crippen LogP contribution in [0.15, 0.2) is 18.2 Å². The van der Waals surface area contributed by atoms with E-state index >= 15 is 0 Å². The predicted molar refractivity (Wildman–Crippen MR) is 92.9 cm³/mol. The molecule has 0 aliphatic carbocycles. The molecule has 0 atom stereocenters. The third-order valence-electron chi connectivity index (χ3n) is 3.61. The van der Waals surface area contributed by atoms with Crippen molar-refractivity contribution in [3.05, 3.63) is 39.5 Å². The van der Waals surface area contributed by atoms with Crippen molar-refractivity contribution in [2.75, 3.05) is 12.4 Å². The zero-order valence-electron chi connectivity index (χ0n) is 12.8. The number of fused-ring (bicyclic) bond motifs is 1. The second kappa shape index (κ2) is 5.74. The molecule has 0 radical (unpaired) electrons. The minimum Gasteiger partial charge on any atom is -0.495 e. The molecule has 1 aromatic carbocycles. The molecule has 114 valence electrons. The largest absolute Gasteiger partial charge is 0.495 e. The number of halogens is 1. The van der Waals surface area contributed by atoms with E-state index in [4.69, 9.17) is 16.3 Å². The number of rotatable bonds is 3. The molecule has 3 rings (SSSR count). The molecule has 0 saturated heterocycles. The molecule has 0 spiro atoms. The summed E-state index contributed by atoms with van der Waals surface area (Å²) in [4.78, 5) is 10.8. The van der Waals surface area contributed by atoms with Crippen molar-refractivity contribution in [2.24, 2.45) is 0 Å². The Hall–Kier alpha value is -1.85. The second-order valence-electron chi connectivity index (χ2n) is 5.13. The Morgan fingerprint density at radius 2 is 1.95 bits per heavy atom. The summed E-state index contributed by atoms with van der Waals surface area (Å²) >= 11 is 7.69. The fourth-order valence-electron chi connectivity index (χ4n) is 2.36. The van der Waals surface area contributed by atoms with Gasteiger partial charge in [-0.1, -0.05) is 6.07 Å². The van der Waals surface area contributed by atoms with Crippen molar-refractivity contribution in [3.8, 4) is 5.75 Å². The topological polar surface area (TPSA) is 47.0 Å². The number of hydrogen-bond donors (Lipinski definition) is 1. The number of methoxy groups -OCH3 is 1. The van der Waals surface area contributed by atoms with Gasteiger partial charge in [0.25, 0.3) is 0 Å².